The second-order valence-corrected chi connectivity index (χ2v) is 7.28. The number of H-pyrrole nitrogens is 1. The van der Waals surface area contributed by atoms with Gasteiger partial charge in [-0.15, -0.1) is 0 Å². The molecule has 0 radical (unpaired) electrons. The van der Waals surface area contributed by atoms with Crippen LogP contribution >= 0.6 is 0 Å². The Hall–Kier alpha value is -2.81. The number of halogens is 3. The lowest BCUT2D eigenvalue weighted by Gasteiger charge is -2.34. The highest BCUT2D eigenvalue weighted by molar-refractivity contribution is 5.88. The fourth-order valence-corrected chi connectivity index (χ4v) is 3.74. The van der Waals surface area contributed by atoms with E-state index in [2.05, 4.69) is 9.97 Å². The number of hydrogen-bond donors (Lipinski definition) is 1. The van der Waals surface area contributed by atoms with E-state index in [0.29, 0.717) is 45.0 Å². The fourth-order valence-electron chi connectivity index (χ4n) is 3.74. The number of nitrogens with zero attached hydrogens (tertiary/aromatic N) is 4. The molecule has 4 rings (SSSR count). The number of aromatic amines is 1. The molecule has 2 aromatic heterocycles. The van der Waals surface area contributed by atoms with Crippen molar-refractivity contribution >= 4 is 16.8 Å². The van der Waals surface area contributed by atoms with Gasteiger partial charge in [0.15, 0.2) is 0 Å². The van der Waals surface area contributed by atoms with Crippen LogP contribution in [0.2, 0.25) is 0 Å². The van der Waals surface area contributed by atoms with Crippen LogP contribution in [0.25, 0.3) is 10.9 Å². The summed E-state index contributed by atoms with van der Waals surface area (Å²) >= 11 is 0. The summed E-state index contributed by atoms with van der Waals surface area (Å²) in [6, 6.07) is 7.87. The van der Waals surface area contributed by atoms with Crippen molar-refractivity contribution in [1.82, 2.24) is 24.3 Å². The molecule has 1 aliphatic rings. The minimum absolute atomic E-state index is 0.0629. The Morgan fingerprint density at radius 2 is 1.90 bits per heavy atom. The third-order valence-corrected chi connectivity index (χ3v) is 5.26. The first-order chi connectivity index (χ1) is 13.9. The third kappa shape index (κ3) is 4.61. The molecule has 1 N–H and O–H groups in total. The first-order valence-electron chi connectivity index (χ1n) is 9.51. The third-order valence-electron chi connectivity index (χ3n) is 5.26. The van der Waals surface area contributed by atoms with Crippen LogP contribution in [0, 0.1) is 0 Å². The van der Waals surface area contributed by atoms with E-state index in [1.54, 1.807) is 0 Å². The molecule has 1 aromatic carbocycles. The molecule has 0 saturated carbocycles. The lowest BCUT2D eigenvalue weighted by atomic mass is 10.1. The lowest BCUT2D eigenvalue weighted by molar-refractivity contribution is -0.141. The molecule has 6 nitrogen and oxygen atoms in total. The van der Waals surface area contributed by atoms with Gasteiger partial charge in [0.25, 0.3) is 0 Å². The number of para-hydroxylation sites is 1. The second-order valence-electron chi connectivity index (χ2n) is 7.28. The average molecular weight is 405 g/mol. The minimum atomic E-state index is -4.27. The number of amides is 1. The molecule has 0 spiro atoms. The van der Waals surface area contributed by atoms with E-state index in [-0.39, 0.29) is 5.91 Å². The Bertz CT molecular complexity index is 985. The van der Waals surface area contributed by atoms with Crippen LogP contribution in [0.5, 0.6) is 0 Å². The number of aromatic nitrogens is 3. The Labute approximate surface area is 165 Å². The van der Waals surface area contributed by atoms with Crippen LogP contribution in [-0.2, 0) is 24.3 Å². The normalized spacial score (nSPS) is 15.9. The van der Waals surface area contributed by atoms with Crippen LogP contribution in [0.3, 0.4) is 0 Å². The van der Waals surface area contributed by atoms with Gasteiger partial charge in [0.05, 0.1) is 13.0 Å². The summed E-state index contributed by atoms with van der Waals surface area (Å²) < 4.78 is 39.1. The van der Waals surface area contributed by atoms with Crippen LogP contribution in [-0.4, -0.2) is 62.6 Å². The van der Waals surface area contributed by atoms with E-state index >= 15 is 0 Å². The Kier molecular flexibility index (Phi) is 5.31. The van der Waals surface area contributed by atoms with Gasteiger partial charge in [-0.2, -0.15) is 13.2 Å². The molecule has 0 unspecified atom stereocenters. The zero-order chi connectivity index (χ0) is 20.4. The number of imidazole rings is 1. The molecule has 154 valence electrons. The first kappa shape index (κ1) is 19.5. The smallest absolute Gasteiger partial charge is 0.361 e. The number of carbonyl (C=O) groups is 1. The number of piperazine rings is 1. The molecule has 0 bridgehead atoms. The van der Waals surface area contributed by atoms with Crippen LogP contribution in [0.1, 0.15) is 11.4 Å². The van der Waals surface area contributed by atoms with Gasteiger partial charge in [-0.25, -0.2) is 4.98 Å². The fraction of sp³-hybridized carbons (Fsp3) is 0.400. The van der Waals surface area contributed by atoms with Crippen molar-refractivity contribution in [1.29, 1.82) is 0 Å². The molecular weight excluding hydrogens is 383 g/mol. The molecule has 1 fully saturated rings. The molecule has 0 aliphatic carbocycles. The van der Waals surface area contributed by atoms with Crippen molar-refractivity contribution in [2.45, 2.75) is 25.7 Å². The maximum atomic E-state index is 12.7. The molecule has 0 atom stereocenters. The maximum Gasteiger partial charge on any atom is 0.406 e. The van der Waals surface area contributed by atoms with E-state index < -0.39 is 12.7 Å². The largest absolute Gasteiger partial charge is 0.406 e. The summed E-state index contributed by atoms with van der Waals surface area (Å²) in [6.07, 6.45) is 0.675. The topological polar surface area (TPSA) is 57.2 Å². The summed E-state index contributed by atoms with van der Waals surface area (Å²) in [6.45, 7) is 1.64. The molecule has 1 amide bonds. The number of benzene rings is 1. The van der Waals surface area contributed by atoms with E-state index in [1.165, 1.54) is 12.4 Å². The van der Waals surface area contributed by atoms with Crippen LogP contribution in [0.15, 0.2) is 42.9 Å². The molecular formula is C20H22F3N5O. The number of rotatable bonds is 5. The van der Waals surface area contributed by atoms with Gasteiger partial charge >= 0.3 is 6.18 Å². The van der Waals surface area contributed by atoms with E-state index in [9.17, 15) is 18.0 Å². The molecule has 1 aliphatic heterocycles. The van der Waals surface area contributed by atoms with Crippen LogP contribution < -0.4 is 0 Å². The second kappa shape index (κ2) is 7.90. The van der Waals surface area contributed by atoms with Crippen molar-refractivity contribution in [2.24, 2.45) is 0 Å². The Balaban J connectivity index is 1.32. The highest BCUT2D eigenvalue weighted by atomic mass is 19.4. The molecule has 9 heteroatoms. The summed E-state index contributed by atoms with van der Waals surface area (Å²) in [5.74, 6) is 0.453. The van der Waals surface area contributed by atoms with Crippen molar-refractivity contribution in [3.63, 3.8) is 0 Å². The SMILES string of the molecule is O=C(Cc1c[nH]c2ccccc12)N1CCN(Cc2nccn2CC(F)(F)F)CC1. The van der Waals surface area contributed by atoms with Gasteiger partial charge in [-0.3, -0.25) is 9.69 Å². The van der Waals surface area contributed by atoms with Gasteiger partial charge in [0.2, 0.25) is 5.91 Å². The van der Waals surface area contributed by atoms with Crippen molar-refractivity contribution in [3.05, 3.63) is 54.2 Å². The first-order valence-corrected chi connectivity index (χ1v) is 9.51. The highest BCUT2D eigenvalue weighted by Crippen LogP contribution is 2.20. The van der Waals surface area contributed by atoms with E-state index in [4.69, 9.17) is 0 Å². The highest BCUT2D eigenvalue weighted by Gasteiger charge is 2.29. The lowest BCUT2D eigenvalue weighted by Crippen LogP contribution is -2.49. The number of alkyl halides is 3. The predicted octanol–water partition coefficient (Wildman–Crippen LogP) is 2.81. The van der Waals surface area contributed by atoms with Crippen molar-refractivity contribution in [2.75, 3.05) is 26.2 Å². The van der Waals surface area contributed by atoms with Gasteiger partial charge < -0.3 is 14.5 Å². The number of fused-ring (bicyclic) bond motifs is 1. The van der Waals surface area contributed by atoms with Crippen LogP contribution in [0.4, 0.5) is 13.2 Å². The van der Waals surface area contributed by atoms with Gasteiger partial charge in [0.1, 0.15) is 12.4 Å². The summed E-state index contributed by atoms with van der Waals surface area (Å²) in [5, 5.41) is 1.05. The standard InChI is InChI=1S/C20H22F3N5O/c21-20(22,23)14-28-6-5-24-18(28)13-26-7-9-27(10-8-26)19(29)11-15-12-25-17-4-2-1-3-16(15)17/h1-6,12,25H,7-11,13-14H2. The predicted molar refractivity (Wildman–Crippen MR) is 102 cm³/mol. The molecule has 3 aromatic rings. The molecule has 3 heterocycles. The monoisotopic (exact) mass is 405 g/mol. The summed E-state index contributed by atoms with van der Waals surface area (Å²) in [7, 11) is 0. The zero-order valence-electron chi connectivity index (χ0n) is 15.8. The van der Waals surface area contributed by atoms with Crippen molar-refractivity contribution in [3.8, 4) is 0 Å². The quantitative estimate of drug-likeness (QED) is 0.710. The van der Waals surface area contributed by atoms with Crippen molar-refractivity contribution < 1.29 is 18.0 Å². The summed E-state index contributed by atoms with van der Waals surface area (Å²) in [4.78, 5) is 23.8. The Morgan fingerprint density at radius 3 is 2.66 bits per heavy atom. The number of hydrogen-bond acceptors (Lipinski definition) is 3. The van der Waals surface area contributed by atoms with Gasteiger partial charge in [-0.05, 0) is 11.6 Å². The molecule has 1 saturated heterocycles. The molecule has 29 heavy (non-hydrogen) atoms. The van der Waals surface area contributed by atoms with E-state index in [1.807, 2.05) is 40.3 Å². The number of carbonyl (C=O) groups excluding carboxylic acids is 1. The maximum absolute atomic E-state index is 12.7. The van der Waals surface area contributed by atoms with Gasteiger partial charge in [0, 0.05) is 55.7 Å². The summed E-state index contributed by atoms with van der Waals surface area (Å²) in [5.41, 5.74) is 1.98. The average Bonchev–Trinajstić information content (AvgIpc) is 3.28. The van der Waals surface area contributed by atoms with Gasteiger partial charge in [-0.1, -0.05) is 18.2 Å². The Morgan fingerprint density at radius 1 is 1.14 bits per heavy atom. The number of nitrogens with one attached hydrogen (secondary N) is 1. The van der Waals surface area contributed by atoms with E-state index in [0.717, 1.165) is 21.0 Å². The zero-order valence-corrected chi connectivity index (χ0v) is 15.8. The minimum Gasteiger partial charge on any atom is -0.361 e.